The molecule has 41 heavy (non-hydrogen) atoms. The molecule has 0 radical (unpaired) electrons. The molecule has 10 heteroatoms. The first kappa shape index (κ1) is 32.4. The number of aryl methyl sites for hydroxylation is 1. The Morgan fingerprint density at radius 3 is 2.22 bits per heavy atom. The van der Waals surface area contributed by atoms with Gasteiger partial charge in [-0.1, -0.05) is 78.7 Å². The Kier molecular flexibility index (Phi) is 12.1. The smallest absolute Gasteiger partial charge is 0.243 e. The van der Waals surface area contributed by atoms with Crippen molar-refractivity contribution in [2.75, 3.05) is 23.7 Å². The van der Waals surface area contributed by atoms with Gasteiger partial charge in [0.05, 0.1) is 11.9 Å². The van der Waals surface area contributed by atoms with Gasteiger partial charge in [0.2, 0.25) is 21.8 Å². The van der Waals surface area contributed by atoms with Crippen LogP contribution in [0.5, 0.6) is 0 Å². The zero-order valence-corrected chi connectivity index (χ0v) is 26.0. The maximum Gasteiger partial charge on any atom is 0.243 e. The Labute approximate surface area is 253 Å². The second-order valence-corrected chi connectivity index (χ2v) is 12.8. The molecule has 0 aliphatic carbocycles. The summed E-state index contributed by atoms with van der Waals surface area (Å²) >= 11 is 12.3. The van der Waals surface area contributed by atoms with Crippen molar-refractivity contribution in [3.63, 3.8) is 0 Å². The monoisotopic (exact) mass is 617 g/mol. The Morgan fingerprint density at radius 2 is 1.59 bits per heavy atom. The predicted octanol–water partition coefficient (Wildman–Crippen LogP) is 6.01. The first-order chi connectivity index (χ1) is 19.5. The molecule has 0 aliphatic rings. The molecule has 0 spiro atoms. The fourth-order valence-corrected chi connectivity index (χ4v) is 5.85. The van der Waals surface area contributed by atoms with Crippen LogP contribution in [0.15, 0.2) is 72.8 Å². The summed E-state index contributed by atoms with van der Waals surface area (Å²) in [6.45, 7) is 4.57. The topological polar surface area (TPSA) is 86.8 Å². The number of nitrogens with zero attached hydrogens (tertiary/aromatic N) is 2. The van der Waals surface area contributed by atoms with Crippen LogP contribution in [0.3, 0.4) is 0 Å². The third-order valence-corrected chi connectivity index (χ3v) is 8.35. The van der Waals surface area contributed by atoms with Crippen LogP contribution in [0.4, 0.5) is 5.69 Å². The first-order valence-electron chi connectivity index (χ1n) is 13.6. The van der Waals surface area contributed by atoms with E-state index in [9.17, 15) is 18.0 Å². The maximum absolute atomic E-state index is 13.8. The van der Waals surface area contributed by atoms with E-state index in [2.05, 4.69) is 5.32 Å². The molecular formula is C31H37Cl2N3O4S. The number of anilines is 1. The molecule has 0 heterocycles. The molecular weight excluding hydrogens is 581 g/mol. The molecule has 220 valence electrons. The van der Waals surface area contributed by atoms with Gasteiger partial charge in [0.1, 0.15) is 6.04 Å². The number of amides is 2. The lowest BCUT2D eigenvalue weighted by atomic mass is 10.0. The fraction of sp³-hybridized carbons (Fsp3) is 0.355. The van der Waals surface area contributed by atoms with Crippen LogP contribution in [0.2, 0.25) is 10.0 Å². The molecule has 3 aromatic rings. The summed E-state index contributed by atoms with van der Waals surface area (Å²) in [5.41, 5.74) is 2.99. The number of carbonyl (C=O) groups excluding carboxylic acids is 2. The van der Waals surface area contributed by atoms with Crippen molar-refractivity contribution in [1.82, 2.24) is 10.2 Å². The van der Waals surface area contributed by atoms with Crippen molar-refractivity contribution in [2.45, 2.75) is 52.1 Å². The van der Waals surface area contributed by atoms with Crippen LogP contribution in [0.25, 0.3) is 0 Å². The van der Waals surface area contributed by atoms with Gasteiger partial charge in [-0.2, -0.15) is 0 Å². The van der Waals surface area contributed by atoms with Crippen molar-refractivity contribution >= 4 is 50.7 Å². The maximum atomic E-state index is 13.8. The Morgan fingerprint density at radius 1 is 0.927 bits per heavy atom. The van der Waals surface area contributed by atoms with Gasteiger partial charge >= 0.3 is 0 Å². The molecule has 1 atom stereocenters. The zero-order chi connectivity index (χ0) is 30.0. The average molecular weight is 619 g/mol. The van der Waals surface area contributed by atoms with E-state index in [0.717, 1.165) is 29.4 Å². The van der Waals surface area contributed by atoms with E-state index in [1.54, 1.807) is 35.2 Å². The Balaban J connectivity index is 1.88. The molecule has 7 nitrogen and oxygen atoms in total. The number of hydrogen-bond donors (Lipinski definition) is 1. The number of nitrogens with one attached hydrogen (secondary N) is 1. The van der Waals surface area contributed by atoms with E-state index >= 15 is 0 Å². The Hall–Kier alpha value is -3.07. The molecule has 3 aromatic carbocycles. The molecule has 3 rings (SSSR count). The van der Waals surface area contributed by atoms with E-state index in [1.165, 1.54) is 4.31 Å². The number of carbonyl (C=O) groups is 2. The van der Waals surface area contributed by atoms with Gasteiger partial charge in [0.25, 0.3) is 0 Å². The van der Waals surface area contributed by atoms with Gasteiger partial charge in [-0.3, -0.25) is 13.9 Å². The van der Waals surface area contributed by atoms with Crippen molar-refractivity contribution < 1.29 is 18.0 Å². The quantitative estimate of drug-likeness (QED) is 0.240. The second-order valence-electron chi connectivity index (χ2n) is 10.0. The van der Waals surface area contributed by atoms with Crippen LogP contribution in [0.1, 0.15) is 42.9 Å². The summed E-state index contributed by atoms with van der Waals surface area (Å²) in [5, 5.41) is 3.95. The minimum absolute atomic E-state index is 0.0472. The predicted molar refractivity (Wildman–Crippen MR) is 167 cm³/mol. The van der Waals surface area contributed by atoms with Crippen molar-refractivity contribution in [2.24, 2.45) is 0 Å². The highest BCUT2D eigenvalue weighted by molar-refractivity contribution is 7.92. The minimum atomic E-state index is -3.64. The van der Waals surface area contributed by atoms with Gasteiger partial charge in [0.15, 0.2) is 0 Å². The van der Waals surface area contributed by atoms with E-state index < -0.39 is 16.1 Å². The molecule has 0 saturated carbocycles. The van der Waals surface area contributed by atoms with Gasteiger partial charge in [-0.05, 0) is 60.7 Å². The highest BCUT2D eigenvalue weighted by atomic mass is 35.5. The van der Waals surface area contributed by atoms with Gasteiger partial charge in [-0.15, -0.1) is 0 Å². The fourth-order valence-electron chi connectivity index (χ4n) is 4.54. The van der Waals surface area contributed by atoms with E-state index in [4.69, 9.17) is 23.2 Å². The van der Waals surface area contributed by atoms with E-state index in [-0.39, 0.29) is 37.7 Å². The van der Waals surface area contributed by atoms with E-state index in [0.29, 0.717) is 28.7 Å². The first-order valence-corrected chi connectivity index (χ1v) is 16.2. The highest BCUT2D eigenvalue weighted by Gasteiger charge is 2.30. The van der Waals surface area contributed by atoms with Crippen LogP contribution >= 0.6 is 23.2 Å². The third-order valence-electron chi connectivity index (χ3n) is 6.68. The summed E-state index contributed by atoms with van der Waals surface area (Å²) in [4.78, 5) is 28.9. The highest BCUT2D eigenvalue weighted by Crippen LogP contribution is 2.27. The van der Waals surface area contributed by atoms with Crippen LogP contribution in [-0.4, -0.2) is 50.5 Å². The molecule has 0 aliphatic heterocycles. The van der Waals surface area contributed by atoms with Crippen LogP contribution < -0.4 is 9.62 Å². The summed E-state index contributed by atoms with van der Waals surface area (Å²) in [6.07, 6.45) is 2.54. The van der Waals surface area contributed by atoms with Crippen LogP contribution in [0, 0.1) is 6.92 Å². The van der Waals surface area contributed by atoms with Gasteiger partial charge < -0.3 is 10.2 Å². The van der Waals surface area contributed by atoms with Crippen molar-refractivity contribution in [1.29, 1.82) is 0 Å². The summed E-state index contributed by atoms with van der Waals surface area (Å²) in [5.74, 6) is -0.478. The number of sulfonamides is 1. The van der Waals surface area contributed by atoms with Gasteiger partial charge in [0, 0.05) is 42.5 Å². The van der Waals surface area contributed by atoms with E-state index in [1.807, 2.05) is 56.3 Å². The van der Waals surface area contributed by atoms with Crippen molar-refractivity contribution in [3.8, 4) is 0 Å². The second kappa shape index (κ2) is 15.2. The minimum Gasteiger partial charge on any atom is -0.354 e. The number of rotatable bonds is 14. The summed E-state index contributed by atoms with van der Waals surface area (Å²) in [6, 6.07) is 21.1. The lowest BCUT2D eigenvalue weighted by molar-refractivity contribution is -0.141. The zero-order valence-electron chi connectivity index (χ0n) is 23.6. The number of benzene rings is 3. The molecule has 0 bridgehead atoms. The molecule has 0 aromatic heterocycles. The lowest BCUT2D eigenvalue weighted by Gasteiger charge is -2.32. The van der Waals surface area contributed by atoms with Crippen LogP contribution in [-0.2, 0) is 32.6 Å². The standard InChI is InChI=1S/C31H37Cl2N3O4S/c1-4-18-34-31(38)29(20-24-9-6-5-7-10-24)35(22-25-13-16-26(32)17-14-25)30(37)11-8-19-36(41(3,39)40)28-21-27(33)15-12-23(28)2/h5-7,9-10,12-17,21,29H,4,8,11,18-20,22H2,1-3H3,(H,34,38)/t29-/m0/s1. The normalized spacial score (nSPS) is 12.0. The molecule has 2 amide bonds. The lowest BCUT2D eigenvalue weighted by Crippen LogP contribution is -2.50. The molecule has 0 saturated heterocycles. The Bertz CT molecular complexity index is 1420. The summed E-state index contributed by atoms with van der Waals surface area (Å²) < 4.78 is 26.7. The van der Waals surface area contributed by atoms with Gasteiger partial charge in [-0.25, -0.2) is 8.42 Å². The molecule has 0 fully saturated rings. The molecule has 1 N–H and O–H groups in total. The molecule has 0 unspecified atom stereocenters. The third kappa shape index (κ3) is 9.76. The number of hydrogen-bond acceptors (Lipinski definition) is 4. The average Bonchev–Trinajstić information content (AvgIpc) is 2.94. The van der Waals surface area contributed by atoms with Crippen molar-refractivity contribution in [3.05, 3.63) is 99.5 Å². The largest absolute Gasteiger partial charge is 0.354 e. The SMILES string of the molecule is CCCNC(=O)[C@H](Cc1ccccc1)N(Cc1ccc(Cl)cc1)C(=O)CCCN(c1cc(Cl)ccc1C)S(C)(=O)=O. The number of halogens is 2. The summed E-state index contributed by atoms with van der Waals surface area (Å²) in [7, 11) is -3.64.